The average molecular weight is 242 g/mol. The molecule has 1 aliphatic heterocycles. The second-order valence-corrected chi connectivity index (χ2v) is 4.02. The molecule has 1 N–H and O–H groups in total. The van der Waals surface area contributed by atoms with Crippen LogP contribution in [0.4, 0.5) is 0 Å². The fraction of sp³-hybridized carbons (Fsp3) is 1.00. The number of hydrogen-bond acceptors (Lipinski definition) is 2. The highest BCUT2D eigenvalue weighted by Gasteiger charge is 2.29. The summed E-state index contributed by atoms with van der Waals surface area (Å²) >= 11 is 2.32. The van der Waals surface area contributed by atoms with Gasteiger partial charge in [0.2, 0.25) is 0 Å². The molecule has 0 aromatic carbocycles. The quantitative estimate of drug-likeness (QED) is 0.548. The van der Waals surface area contributed by atoms with Crippen molar-refractivity contribution in [1.29, 1.82) is 0 Å². The van der Waals surface area contributed by atoms with Gasteiger partial charge in [-0.2, -0.15) is 0 Å². The van der Waals surface area contributed by atoms with E-state index in [0.29, 0.717) is 10.0 Å². The smallest absolute Gasteiger partial charge is 0.0927 e. The zero-order valence-electron chi connectivity index (χ0n) is 5.38. The number of alkyl halides is 1. The SMILES string of the molecule is C[C@H]1C[C@H](I)[C@@H](CO)O1. The molecule has 0 radical (unpaired) electrons. The normalized spacial score (nSPS) is 43.7. The first-order chi connectivity index (χ1) is 4.24. The van der Waals surface area contributed by atoms with Gasteiger partial charge in [-0.05, 0) is 13.3 Å². The summed E-state index contributed by atoms with van der Waals surface area (Å²) in [6.07, 6.45) is 1.50. The van der Waals surface area contributed by atoms with Crippen molar-refractivity contribution in [2.45, 2.75) is 29.5 Å². The maximum Gasteiger partial charge on any atom is 0.0927 e. The Kier molecular flexibility index (Phi) is 2.73. The van der Waals surface area contributed by atoms with Crippen LogP contribution in [-0.4, -0.2) is 27.8 Å². The lowest BCUT2D eigenvalue weighted by molar-refractivity contribution is 0.0222. The van der Waals surface area contributed by atoms with Gasteiger partial charge in [0, 0.05) is 3.92 Å². The Morgan fingerprint density at radius 1 is 1.78 bits per heavy atom. The van der Waals surface area contributed by atoms with Crippen LogP contribution in [0.1, 0.15) is 13.3 Å². The van der Waals surface area contributed by atoms with E-state index in [4.69, 9.17) is 9.84 Å². The van der Waals surface area contributed by atoms with Crippen LogP contribution < -0.4 is 0 Å². The molecule has 1 saturated heterocycles. The molecule has 1 rings (SSSR count). The Labute approximate surface area is 68.7 Å². The standard InChI is InChI=1S/C6H11IO2/c1-4-2-5(7)6(3-8)9-4/h4-6,8H,2-3H2,1H3/t4-,5-,6+/m0/s1. The third kappa shape index (κ3) is 1.78. The molecule has 2 nitrogen and oxygen atoms in total. The van der Waals surface area contributed by atoms with Gasteiger partial charge in [-0.3, -0.25) is 0 Å². The fourth-order valence-corrected chi connectivity index (χ4v) is 2.18. The molecule has 1 fully saturated rings. The van der Waals surface area contributed by atoms with E-state index in [1.54, 1.807) is 0 Å². The molecule has 1 aliphatic rings. The van der Waals surface area contributed by atoms with E-state index >= 15 is 0 Å². The highest BCUT2D eigenvalue weighted by atomic mass is 127. The lowest BCUT2D eigenvalue weighted by Crippen LogP contribution is -2.19. The first-order valence-electron chi connectivity index (χ1n) is 3.14. The maximum atomic E-state index is 8.72. The van der Waals surface area contributed by atoms with E-state index in [1.165, 1.54) is 0 Å². The van der Waals surface area contributed by atoms with Crippen LogP contribution in [0, 0.1) is 0 Å². The number of rotatable bonds is 1. The molecule has 1 heterocycles. The van der Waals surface area contributed by atoms with Gasteiger partial charge in [0.15, 0.2) is 0 Å². The van der Waals surface area contributed by atoms with Crippen LogP contribution in [0.15, 0.2) is 0 Å². The van der Waals surface area contributed by atoms with E-state index in [9.17, 15) is 0 Å². The molecule has 0 unspecified atom stereocenters. The highest BCUT2D eigenvalue weighted by Crippen LogP contribution is 2.25. The van der Waals surface area contributed by atoms with Crippen molar-refractivity contribution in [3.63, 3.8) is 0 Å². The molecule has 0 aromatic heterocycles. The largest absolute Gasteiger partial charge is 0.394 e. The number of ether oxygens (including phenoxy) is 1. The highest BCUT2D eigenvalue weighted by molar-refractivity contribution is 14.1. The monoisotopic (exact) mass is 242 g/mol. The molecule has 0 amide bonds. The molecule has 0 saturated carbocycles. The van der Waals surface area contributed by atoms with Crippen molar-refractivity contribution in [3.05, 3.63) is 0 Å². The lowest BCUT2D eigenvalue weighted by Gasteiger charge is -2.08. The van der Waals surface area contributed by atoms with Gasteiger partial charge < -0.3 is 9.84 Å². The van der Waals surface area contributed by atoms with Crippen molar-refractivity contribution < 1.29 is 9.84 Å². The van der Waals surface area contributed by atoms with Gasteiger partial charge >= 0.3 is 0 Å². The Bertz CT molecular complexity index is 97.1. The lowest BCUT2D eigenvalue weighted by atomic mass is 10.2. The number of halogens is 1. The summed E-state index contributed by atoms with van der Waals surface area (Å²) in [4.78, 5) is 0. The van der Waals surface area contributed by atoms with E-state index in [0.717, 1.165) is 6.42 Å². The molecular formula is C6H11IO2. The molecule has 0 bridgehead atoms. The molecule has 3 heteroatoms. The van der Waals surface area contributed by atoms with Crippen molar-refractivity contribution in [1.82, 2.24) is 0 Å². The molecule has 9 heavy (non-hydrogen) atoms. The minimum atomic E-state index is 0.0839. The summed E-state index contributed by atoms with van der Waals surface area (Å²) in [7, 11) is 0. The van der Waals surface area contributed by atoms with Crippen LogP contribution in [0.25, 0.3) is 0 Å². The van der Waals surface area contributed by atoms with Gasteiger partial charge in [-0.1, -0.05) is 22.6 Å². The minimum absolute atomic E-state index is 0.0839. The minimum Gasteiger partial charge on any atom is -0.394 e. The second-order valence-electron chi connectivity index (χ2n) is 2.42. The zero-order chi connectivity index (χ0) is 6.85. The summed E-state index contributed by atoms with van der Waals surface area (Å²) in [5.74, 6) is 0. The van der Waals surface area contributed by atoms with E-state index in [2.05, 4.69) is 22.6 Å². The van der Waals surface area contributed by atoms with E-state index < -0.39 is 0 Å². The second kappa shape index (κ2) is 3.16. The van der Waals surface area contributed by atoms with Crippen LogP contribution in [-0.2, 0) is 4.74 Å². The topological polar surface area (TPSA) is 29.5 Å². The van der Waals surface area contributed by atoms with Crippen LogP contribution in [0.5, 0.6) is 0 Å². The number of aliphatic hydroxyl groups is 1. The van der Waals surface area contributed by atoms with E-state index in [-0.39, 0.29) is 12.7 Å². The predicted molar refractivity (Wildman–Crippen MR) is 43.8 cm³/mol. The molecule has 54 valence electrons. The van der Waals surface area contributed by atoms with Gasteiger partial charge in [-0.15, -0.1) is 0 Å². The van der Waals surface area contributed by atoms with Crippen LogP contribution in [0.2, 0.25) is 0 Å². The first kappa shape index (κ1) is 7.75. The van der Waals surface area contributed by atoms with Gasteiger partial charge in [0.1, 0.15) is 0 Å². The number of aliphatic hydroxyl groups excluding tert-OH is 1. The van der Waals surface area contributed by atoms with Gasteiger partial charge in [0.25, 0.3) is 0 Å². The summed E-state index contributed by atoms with van der Waals surface area (Å²) in [5.41, 5.74) is 0. The maximum absolute atomic E-state index is 8.72. The van der Waals surface area contributed by atoms with Crippen molar-refractivity contribution in [2.75, 3.05) is 6.61 Å². The zero-order valence-corrected chi connectivity index (χ0v) is 7.54. The first-order valence-corrected chi connectivity index (χ1v) is 4.39. The third-order valence-electron chi connectivity index (χ3n) is 1.55. The number of hydrogen-bond donors (Lipinski definition) is 1. The Morgan fingerprint density at radius 2 is 2.44 bits per heavy atom. The van der Waals surface area contributed by atoms with E-state index in [1.807, 2.05) is 6.92 Å². The van der Waals surface area contributed by atoms with Crippen LogP contribution >= 0.6 is 22.6 Å². The predicted octanol–water partition coefficient (Wildman–Crippen LogP) is 0.960. The molecule has 0 aromatic rings. The van der Waals surface area contributed by atoms with Crippen molar-refractivity contribution >= 4 is 22.6 Å². The summed E-state index contributed by atoms with van der Waals surface area (Å²) in [6, 6.07) is 0. The molecule has 0 spiro atoms. The average Bonchev–Trinajstić information content (AvgIpc) is 2.10. The third-order valence-corrected chi connectivity index (χ3v) is 2.86. The molecular weight excluding hydrogens is 231 g/mol. The summed E-state index contributed by atoms with van der Waals surface area (Å²) in [6.45, 7) is 2.21. The summed E-state index contributed by atoms with van der Waals surface area (Å²) in [5, 5.41) is 8.72. The molecule has 3 atom stereocenters. The van der Waals surface area contributed by atoms with Crippen molar-refractivity contribution in [3.8, 4) is 0 Å². The molecule has 0 aliphatic carbocycles. The van der Waals surface area contributed by atoms with Crippen molar-refractivity contribution in [2.24, 2.45) is 0 Å². The Balaban J connectivity index is 2.38. The Hall–Kier alpha value is 0.650. The fourth-order valence-electron chi connectivity index (χ4n) is 1.07. The summed E-state index contributed by atoms with van der Waals surface area (Å²) < 4.78 is 5.87. The van der Waals surface area contributed by atoms with Gasteiger partial charge in [-0.25, -0.2) is 0 Å². The van der Waals surface area contributed by atoms with Crippen LogP contribution in [0.3, 0.4) is 0 Å². The Morgan fingerprint density at radius 3 is 2.67 bits per heavy atom. The van der Waals surface area contributed by atoms with Gasteiger partial charge in [0.05, 0.1) is 18.8 Å².